The Hall–Kier alpha value is -1.39. The van der Waals surface area contributed by atoms with Gasteiger partial charge in [-0.1, -0.05) is 18.2 Å². The van der Waals surface area contributed by atoms with Crippen LogP contribution in [-0.2, 0) is 16.0 Å². The molecule has 1 saturated heterocycles. The van der Waals surface area contributed by atoms with Gasteiger partial charge >= 0.3 is 0 Å². The number of hydrogen-bond acceptors (Lipinski definition) is 3. The summed E-state index contributed by atoms with van der Waals surface area (Å²) in [6.07, 6.45) is 2.07. The average Bonchev–Trinajstić information content (AvgIpc) is 2.37. The van der Waals surface area contributed by atoms with Crippen LogP contribution in [0.3, 0.4) is 0 Å². The summed E-state index contributed by atoms with van der Waals surface area (Å²) < 4.78 is 5.20. The fraction of sp³-hybridized carbons (Fsp3) is 0.500. The van der Waals surface area contributed by atoms with Gasteiger partial charge in [0.05, 0.1) is 13.2 Å². The van der Waals surface area contributed by atoms with Crippen LogP contribution in [0.15, 0.2) is 24.3 Å². The first-order valence-electron chi connectivity index (χ1n) is 6.44. The van der Waals surface area contributed by atoms with Crippen LogP contribution in [-0.4, -0.2) is 32.2 Å². The lowest BCUT2D eigenvalue weighted by Crippen LogP contribution is -2.60. The van der Waals surface area contributed by atoms with Crippen molar-refractivity contribution in [1.82, 2.24) is 0 Å². The Morgan fingerprint density at radius 3 is 2.83 bits per heavy atom. The highest BCUT2D eigenvalue weighted by molar-refractivity contribution is 5.99. The monoisotopic (exact) mass is 246 g/mol. The first-order chi connectivity index (χ1) is 8.77. The van der Waals surface area contributed by atoms with Gasteiger partial charge in [0, 0.05) is 18.8 Å². The molecule has 0 unspecified atom stereocenters. The first-order valence-corrected chi connectivity index (χ1v) is 6.44. The van der Waals surface area contributed by atoms with Crippen LogP contribution < -0.4 is 10.6 Å². The van der Waals surface area contributed by atoms with Gasteiger partial charge in [-0.05, 0) is 24.5 Å². The number of benzene rings is 1. The van der Waals surface area contributed by atoms with Gasteiger partial charge in [-0.2, -0.15) is 0 Å². The minimum absolute atomic E-state index is 0.128. The smallest absolute Gasteiger partial charge is 0.239 e. The molecule has 4 heteroatoms. The van der Waals surface area contributed by atoms with E-state index in [0.717, 1.165) is 25.1 Å². The molecular formula is C14H18N2O2. The molecule has 96 valence electrons. The molecule has 3 rings (SSSR count). The van der Waals surface area contributed by atoms with E-state index < -0.39 is 5.41 Å². The number of carbonyl (C=O) groups is 1. The van der Waals surface area contributed by atoms with Crippen molar-refractivity contribution in [2.75, 3.05) is 31.2 Å². The third kappa shape index (κ3) is 1.64. The van der Waals surface area contributed by atoms with E-state index in [9.17, 15) is 4.79 Å². The summed E-state index contributed by atoms with van der Waals surface area (Å²) in [5.41, 5.74) is 7.59. The largest absolute Gasteiger partial charge is 0.379 e. The molecule has 2 N–H and O–H groups in total. The number of amides is 1. The summed E-state index contributed by atoms with van der Waals surface area (Å²) in [6, 6.07) is 8.13. The highest BCUT2D eigenvalue weighted by atomic mass is 16.5. The van der Waals surface area contributed by atoms with E-state index in [1.54, 1.807) is 0 Å². The maximum atomic E-state index is 12.7. The van der Waals surface area contributed by atoms with Gasteiger partial charge in [0.15, 0.2) is 0 Å². The fourth-order valence-corrected chi connectivity index (χ4v) is 2.71. The molecule has 1 fully saturated rings. The van der Waals surface area contributed by atoms with E-state index in [2.05, 4.69) is 6.07 Å². The third-order valence-corrected chi connectivity index (χ3v) is 3.96. The van der Waals surface area contributed by atoms with Crippen LogP contribution in [0.2, 0.25) is 0 Å². The summed E-state index contributed by atoms with van der Waals surface area (Å²) in [5, 5.41) is 0. The van der Waals surface area contributed by atoms with Crippen LogP contribution >= 0.6 is 0 Å². The predicted octanol–water partition coefficient (Wildman–Crippen LogP) is 0.941. The third-order valence-electron chi connectivity index (χ3n) is 3.96. The molecule has 1 aromatic rings. The van der Waals surface area contributed by atoms with E-state index in [0.29, 0.717) is 19.8 Å². The molecular weight excluding hydrogens is 228 g/mol. The number of nitrogens with zero attached hydrogens (tertiary/aromatic N) is 1. The standard InChI is InChI=1S/C14H18N2O2/c15-8-14(9-18-10-14)13(17)16-7-3-5-11-4-1-2-6-12(11)16/h1-2,4,6H,3,5,7-10,15H2. The average molecular weight is 246 g/mol. The number of rotatable bonds is 2. The highest BCUT2D eigenvalue weighted by Gasteiger charge is 2.47. The van der Waals surface area contributed by atoms with E-state index in [4.69, 9.17) is 10.5 Å². The number of hydrogen-bond donors (Lipinski definition) is 1. The van der Waals surface area contributed by atoms with E-state index in [-0.39, 0.29) is 5.91 Å². The number of para-hydroxylation sites is 1. The van der Waals surface area contributed by atoms with E-state index in [1.165, 1.54) is 5.56 Å². The molecule has 0 aliphatic carbocycles. The molecule has 0 saturated carbocycles. The molecule has 1 amide bonds. The van der Waals surface area contributed by atoms with Crippen molar-refractivity contribution < 1.29 is 9.53 Å². The molecule has 0 bridgehead atoms. The SMILES string of the molecule is NCC1(C(=O)N2CCCc3ccccc32)COC1. The minimum Gasteiger partial charge on any atom is -0.379 e. The second-order valence-electron chi connectivity index (χ2n) is 5.17. The van der Waals surface area contributed by atoms with Gasteiger partial charge in [0.2, 0.25) is 5.91 Å². The second-order valence-corrected chi connectivity index (χ2v) is 5.17. The molecule has 18 heavy (non-hydrogen) atoms. The molecule has 0 aromatic heterocycles. The van der Waals surface area contributed by atoms with Crippen LogP contribution in [0.5, 0.6) is 0 Å². The summed E-state index contributed by atoms with van der Waals surface area (Å²) in [5.74, 6) is 0.128. The van der Waals surface area contributed by atoms with Crippen LogP contribution in [0, 0.1) is 5.41 Å². The lowest BCUT2D eigenvalue weighted by molar-refractivity contribution is -0.156. The quantitative estimate of drug-likeness (QED) is 0.845. The Balaban J connectivity index is 1.92. The zero-order valence-electron chi connectivity index (χ0n) is 10.4. The number of aryl methyl sites for hydroxylation is 1. The Morgan fingerprint density at radius 1 is 1.39 bits per heavy atom. The van der Waals surface area contributed by atoms with E-state index in [1.807, 2.05) is 23.1 Å². The van der Waals surface area contributed by atoms with Gasteiger partial charge in [0.25, 0.3) is 0 Å². The van der Waals surface area contributed by atoms with Gasteiger partial charge in [-0.3, -0.25) is 4.79 Å². The zero-order chi connectivity index (χ0) is 12.6. The topological polar surface area (TPSA) is 55.6 Å². The Labute approximate surface area is 107 Å². The number of ether oxygens (including phenoxy) is 1. The molecule has 0 atom stereocenters. The zero-order valence-corrected chi connectivity index (χ0v) is 10.4. The predicted molar refractivity (Wildman–Crippen MR) is 69.4 cm³/mol. The van der Waals surface area contributed by atoms with E-state index >= 15 is 0 Å². The summed E-state index contributed by atoms with van der Waals surface area (Å²) in [6.45, 7) is 2.07. The Bertz CT molecular complexity index is 463. The van der Waals surface area contributed by atoms with Crippen molar-refractivity contribution in [3.8, 4) is 0 Å². The number of fused-ring (bicyclic) bond motifs is 1. The second kappa shape index (κ2) is 4.37. The minimum atomic E-state index is -0.482. The number of anilines is 1. The van der Waals surface area contributed by atoms with Gasteiger partial charge in [-0.15, -0.1) is 0 Å². The molecule has 2 aliphatic heterocycles. The van der Waals surface area contributed by atoms with Crippen molar-refractivity contribution >= 4 is 11.6 Å². The number of carbonyl (C=O) groups excluding carboxylic acids is 1. The van der Waals surface area contributed by atoms with Crippen LogP contribution in [0.25, 0.3) is 0 Å². The lowest BCUT2D eigenvalue weighted by Gasteiger charge is -2.43. The van der Waals surface area contributed by atoms with Crippen molar-refractivity contribution in [3.63, 3.8) is 0 Å². The van der Waals surface area contributed by atoms with Gasteiger partial charge < -0.3 is 15.4 Å². The Morgan fingerprint density at radius 2 is 2.17 bits per heavy atom. The summed E-state index contributed by atoms with van der Waals surface area (Å²) in [4.78, 5) is 14.6. The fourth-order valence-electron chi connectivity index (χ4n) is 2.71. The molecule has 1 aromatic carbocycles. The van der Waals surface area contributed by atoms with Crippen LogP contribution in [0.4, 0.5) is 5.69 Å². The molecule has 0 spiro atoms. The maximum absolute atomic E-state index is 12.7. The van der Waals surface area contributed by atoms with Crippen molar-refractivity contribution in [2.45, 2.75) is 12.8 Å². The highest BCUT2D eigenvalue weighted by Crippen LogP contribution is 2.34. The van der Waals surface area contributed by atoms with Gasteiger partial charge in [-0.25, -0.2) is 0 Å². The Kier molecular flexibility index (Phi) is 2.84. The first kappa shape index (κ1) is 11.7. The maximum Gasteiger partial charge on any atom is 0.239 e. The van der Waals surface area contributed by atoms with Crippen molar-refractivity contribution in [3.05, 3.63) is 29.8 Å². The molecule has 2 heterocycles. The molecule has 2 aliphatic rings. The van der Waals surface area contributed by atoms with Gasteiger partial charge in [0.1, 0.15) is 5.41 Å². The summed E-state index contributed by atoms with van der Waals surface area (Å²) in [7, 11) is 0. The lowest BCUT2D eigenvalue weighted by atomic mass is 9.83. The van der Waals surface area contributed by atoms with Crippen molar-refractivity contribution in [2.24, 2.45) is 11.1 Å². The van der Waals surface area contributed by atoms with Crippen molar-refractivity contribution in [1.29, 1.82) is 0 Å². The summed E-state index contributed by atoms with van der Waals surface area (Å²) >= 11 is 0. The molecule has 4 nitrogen and oxygen atoms in total. The number of nitrogens with two attached hydrogens (primary N) is 1. The molecule has 0 radical (unpaired) electrons. The van der Waals surface area contributed by atoms with Crippen LogP contribution in [0.1, 0.15) is 12.0 Å². The normalized spacial score (nSPS) is 21.1.